The highest BCUT2D eigenvalue weighted by molar-refractivity contribution is 6.36. The van der Waals surface area contributed by atoms with Crippen LogP contribution in [0.2, 0.25) is 5.02 Å². The molecule has 1 N–H and O–H groups in total. The van der Waals surface area contributed by atoms with Gasteiger partial charge in [0.05, 0.1) is 24.4 Å². The number of benzene rings is 2. The normalized spacial score (nSPS) is 18.9. The number of fused-ring (bicyclic) bond motifs is 1. The fraction of sp³-hybridized carbons (Fsp3) is 0.419. The maximum absolute atomic E-state index is 11.2. The van der Waals surface area contributed by atoms with Crippen molar-refractivity contribution in [2.75, 3.05) is 39.9 Å². The second-order valence-corrected chi connectivity index (χ2v) is 10.8. The van der Waals surface area contributed by atoms with Gasteiger partial charge in [0.15, 0.2) is 0 Å². The monoisotopic (exact) mass is 533 g/mol. The average molecular weight is 534 g/mol. The van der Waals surface area contributed by atoms with Gasteiger partial charge in [0.1, 0.15) is 0 Å². The van der Waals surface area contributed by atoms with E-state index in [-0.39, 0.29) is 6.61 Å². The second-order valence-electron chi connectivity index (χ2n) is 10.4. The lowest BCUT2D eigenvalue weighted by Crippen LogP contribution is -2.29. The lowest BCUT2D eigenvalue weighted by molar-refractivity contribution is -0.118. The molecule has 1 aliphatic carbocycles. The molecule has 0 bridgehead atoms. The molecule has 2 heterocycles. The van der Waals surface area contributed by atoms with Gasteiger partial charge < -0.3 is 14.7 Å². The largest absolute Gasteiger partial charge is 0.481 e. The Bertz CT molecular complexity index is 1300. The van der Waals surface area contributed by atoms with Crippen molar-refractivity contribution in [3.05, 3.63) is 70.2 Å². The first-order chi connectivity index (χ1) is 18.5. The summed E-state index contributed by atoms with van der Waals surface area (Å²) in [6.45, 7) is 5.24. The number of halogens is 1. The van der Waals surface area contributed by atoms with Gasteiger partial charge in [-0.1, -0.05) is 54.1 Å². The molecule has 6 nitrogen and oxygen atoms in total. The highest BCUT2D eigenvalue weighted by Gasteiger charge is 2.36. The molecule has 7 heteroatoms. The summed E-state index contributed by atoms with van der Waals surface area (Å²) in [5, 5.41) is 9.85. The molecule has 5 rings (SSSR count). The van der Waals surface area contributed by atoms with E-state index >= 15 is 0 Å². The first-order valence-corrected chi connectivity index (χ1v) is 13.9. The van der Waals surface area contributed by atoms with E-state index in [0.717, 1.165) is 67.6 Å². The molecule has 1 aliphatic heterocycles. The van der Waals surface area contributed by atoms with Gasteiger partial charge in [0, 0.05) is 42.4 Å². The first kappa shape index (κ1) is 26.7. The van der Waals surface area contributed by atoms with Gasteiger partial charge in [-0.25, -0.2) is 4.98 Å². The maximum Gasteiger partial charge on any atom is 0.218 e. The minimum atomic E-state index is 0.00454. The molecule has 2 atom stereocenters. The zero-order valence-corrected chi connectivity index (χ0v) is 23.0. The van der Waals surface area contributed by atoms with Gasteiger partial charge in [-0.15, -0.1) is 0 Å². The van der Waals surface area contributed by atoms with E-state index in [1.165, 1.54) is 16.7 Å². The van der Waals surface area contributed by atoms with Crippen molar-refractivity contribution in [1.29, 1.82) is 0 Å². The molecular weight excluding hydrogens is 498 g/mol. The van der Waals surface area contributed by atoms with Crippen molar-refractivity contribution in [1.82, 2.24) is 14.8 Å². The molecule has 3 aromatic rings. The van der Waals surface area contributed by atoms with E-state index in [2.05, 4.69) is 36.1 Å². The lowest BCUT2D eigenvalue weighted by Gasteiger charge is -2.26. The molecule has 0 radical (unpaired) electrons. The molecule has 1 saturated heterocycles. The van der Waals surface area contributed by atoms with Gasteiger partial charge in [-0.3, -0.25) is 9.69 Å². The standard InChI is InChI=1S/C31H36ClN3O3/c1-21-6-3-4-7-24(21)25-8-5-9-26(30(25)32)27-18-23-10-11-28(29(23)31(33-27)38-2)35-15-13-22(19-35)12-14-34(20-37)16-17-36/h3-9,18,20,22,28,36H,10-17,19H2,1-2H3/t22?,28-/m0/s1. The number of aliphatic hydroxyl groups excluding tert-OH is 1. The number of nitrogens with zero attached hydrogens (tertiary/aromatic N) is 3. The van der Waals surface area contributed by atoms with Crippen LogP contribution in [0, 0.1) is 12.8 Å². The van der Waals surface area contributed by atoms with Crippen molar-refractivity contribution in [2.45, 2.75) is 38.6 Å². The van der Waals surface area contributed by atoms with Crippen molar-refractivity contribution < 1.29 is 14.6 Å². The quantitative estimate of drug-likeness (QED) is 0.347. The molecule has 0 spiro atoms. The van der Waals surface area contributed by atoms with Crippen molar-refractivity contribution in [3.63, 3.8) is 0 Å². The summed E-state index contributed by atoms with van der Waals surface area (Å²) in [5.74, 6) is 1.23. The summed E-state index contributed by atoms with van der Waals surface area (Å²) < 4.78 is 5.88. The molecule has 38 heavy (non-hydrogen) atoms. The molecule has 1 aromatic heterocycles. The molecular formula is C31H36ClN3O3. The average Bonchev–Trinajstić information content (AvgIpc) is 3.58. The number of rotatable bonds is 10. The molecule has 1 unspecified atom stereocenters. The number of aliphatic hydroxyl groups is 1. The van der Waals surface area contributed by atoms with Crippen LogP contribution in [-0.4, -0.2) is 66.2 Å². The van der Waals surface area contributed by atoms with Gasteiger partial charge in [-0.2, -0.15) is 0 Å². The third-order valence-electron chi connectivity index (χ3n) is 8.15. The van der Waals surface area contributed by atoms with E-state index in [1.54, 1.807) is 12.0 Å². The number of carbonyl (C=O) groups is 1. The van der Waals surface area contributed by atoms with Gasteiger partial charge >= 0.3 is 0 Å². The molecule has 1 amide bonds. The van der Waals surface area contributed by atoms with Crippen molar-refractivity contribution in [2.24, 2.45) is 5.92 Å². The minimum absolute atomic E-state index is 0.00454. The number of pyridine rings is 1. The Balaban J connectivity index is 1.38. The first-order valence-electron chi connectivity index (χ1n) is 13.5. The van der Waals surface area contributed by atoms with Crippen LogP contribution in [-0.2, 0) is 11.2 Å². The van der Waals surface area contributed by atoms with Crippen molar-refractivity contribution >= 4 is 18.0 Å². The van der Waals surface area contributed by atoms with Crippen LogP contribution in [0.1, 0.15) is 42.0 Å². The van der Waals surface area contributed by atoms with Crippen LogP contribution in [0.4, 0.5) is 0 Å². The number of carbonyl (C=O) groups excluding carboxylic acids is 1. The molecule has 2 aliphatic rings. The Hall–Kier alpha value is -2.93. The summed E-state index contributed by atoms with van der Waals surface area (Å²) in [4.78, 5) is 20.4. The van der Waals surface area contributed by atoms with Crippen LogP contribution < -0.4 is 4.74 Å². The summed E-state index contributed by atoms with van der Waals surface area (Å²) in [5.41, 5.74) is 7.58. The summed E-state index contributed by atoms with van der Waals surface area (Å²) in [7, 11) is 1.70. The summed E-state index contributed by atoms with van der Waals surface area (Å²) in [6.07, 6.45) is 4.95. The summed E-state index contributed by atoms with van der Waals surface area (Å²) >= 11 is 7.00. The molecule has 1 fully saturated rings. The van der Waals surface area contributed by atoms with E-state index in [9.17, 15) is 4.79 Å². The molecule has 2 aromatic carbocycles. The minimum Gasteiger partial charge on any atom is -0.481 e. The fourth-order valence-corrected chi connectivity index (χ4v) is 6.45. The van der Waals surface area contributed by atoms with Gasteiger partial charge in [0.25, 0.3) is 0 Å². The SMILES string of the molecule is COc1nc(-c2cccc(-c3ccccc3C)c2Cl)cc2c1[C@@H](N1CCC(CCN(C=O)CCO)C1)CC2. The van der Waals surface area contributed by atoms with Gasteiger partial charge in [0.2, 0.25) is 12.3 Å². The number of aryl methyl sites for hydroxylation is 2. The Morgan fingerprint density at radius 1 is 1.13 bits per heavy atom. The predicted octanol–water partition coefficient (Wildman–Crippen LogP) is 5.54. The second kappa shape index (κ2) is 11.9. The van der Waals surface area contributed by atoms with E-state index in [1.807, 2.05) is 24.3 Å². The zero-order chi connectivity index (χ0) is 26.6. The smallest absolute Gasteiger partial charge is 0.218 e. The van der Waals surface area contributed by atoms with E-state index in [0.29, 0.717) is 36.0 Å². The third-order valence-corrected chi connectivity index (χ3v) is 8.56. The fourth-order valence-electron chi connectivity index (χ4n) is 6.13. The highest BCUT2D eigenvalue weighted by atomic mass is 35.5. The number of methoxy groups -OCH3 is 1. The predicted molar refractivity (Wildman–Crippen MR) is 151 cm³/mol. The number of hydrogen-bond donors (Lipinski definition) is 1. The lowest BCUT2D eigenvalue weighted by atomic mass is 9.97. The van der Waals surface area contributed by atoms with Crippen LogP contribution in [0.3, 0.4) is 0 Å². The Kier molecular flexibility index (Phi) is 8.32. The Labute approximate surface area is 230 Å². The van der Waals surface area contributed by atoms with Crippen molar-refractivity contribution in [3.8, 4) is 28.3 Å². The highest BCUT2D eigenvalue weighted by Crippen LogP contribution is 2.45. The molecule has 0 saturated carbocycles. The van der Waals surface area contributed by atoms with Crippen LogP contribution in [0.25, 0.3) is 22.4 Å². The van der Waals surface area contributed by atoms with Crippen LogP contribution in [0.5, 0.6) is 5.88 Å². The number of amides is 1. The van der Waals surface area contributed by atoms with E-state index in [4.69, 9.17) is 26.4 Å². The number of likely N-dealkylation sites (tertiary alicyclic amines) is 1. The van der Waals surface area contributed by atoms with Crippen LogP contribution >= 0.6 is 11.6 Å². The maximum atomic E-state index is 11.2. The number of aromatic nitrogens is 1. The molecule has 200 valence electrons. The van der Waals surface area contributed by atoms with E-state index < -0.39 is 0 Å². The third kappa shape index (κ3) is 5.31. The van der Waals surface area contributed by atoms with Gasteiger partial charge in [-0.05, 0) is 67.8 Å². The summed E-state index contributed by atoms with van der Waals surface area (Å²) in [6, 6.07) is 16.9. The number of hydrogen-bond acceptors (Lipinski definition) is 5. The van der Waals surface area contributed by atoms with Crippen LogP contribution in [0.15, 0.2) is 48.5 Å². The topological polar surface area (TPSA) is 65.9 Å². The Morgan fingerprint density at radius 2 is 1.92 bits per heavy atom. The Morgan fingerprint density at radius 3 is 2.68 bits per heavy atom. The number of ether oxygens (including phenoxy) is 1. The zero-order valence-electron chi connectivity index (χ0n) is 22.2.